The van der Waals surface area contributed by atoms with Crippen LogP contribution in [0.2, 0.25) is 0 Å². The van der Waals surface area contributed by atoms with Crippen molar-refractivity contribution in [3.05, 3.63) is 0 Å². The van der Waals surface area contributed by atoms with Gasteiger partial charge in [0, 0.05) is 30.9 Å². The van der Waals surface area contributed by atoms with Crippen LogP contribution in [0.25, 0.3) is 0 Å². The highest BCUT2D eigenvalue weighted by atomic mass is 32.2. The fraction of sp³-hybridized carbons (Fsp3) is 1.00. The molecule has 2 heterocycles. The maximum Gasteiger partial charge on any atom is 0.0351 e. The molecule has 0 spiro atoms. The van der Waals surface area contributed by atoms with E-state index >= 15 is 0 Å². The van der Waals surface area contributed by atoms with Gasteiger partial charge in [-0.1, -0.05) is 13.3 Å². The first-order chi connectivity index (χ1) is 6.85. The van der Waals surface area contributed by atoms with Crippen molar-refractivity contribution in [1.29, 1.82) is 0 Å². The summed E-state index contributed by atoms with van der Waals surface area (Å²) in [7, 11) is 0. The summed E-state index contributed by atoms with van der Waals surface area (Å²) in [6.45, 7) is 7.43. The molecule has 2 aliphatic rings. The van der Waals surface area contributed by atoms with Crippen LogP contribution in [0.3, 0.4) is 0 Å². The first kappa shape index (κ1) is 10.8. The second kappa shape index (κ2) is 4.86. The van der Waals surface area contributed by atoms with E-state index in [1.807, 2.05) is 11.8 Å². The van der Waals surface area contributed by atoms with Crippen LogP contribution in [0, 0.1) is 5.92 Å². The quantitative estimate of drug-likeness (QED) is 0.765. The summed E-state index contributed by atoms with van der Waals surface area (Å²) in [6.07, 6.45) is 5.03. The van der Waals surface area contributed by atoms with Gasteiger partial charge in [0.25, 0.3) is 0 Å². The lowest BCUT2D eigenvalue weighted by atomic mass is 10.1. The van der Waals surface area contributed by atoms with E-state index < -0.39 is 0 Å². The van der Waals surface area contributed by atoms with Gasteiger partial charge in [0.1, 0.15) is 0 Å². The van der Waals surface area contributed by atoms with Gasteiger partial charge in [0.05, 0.1) is 0 Å². The summed E-state index contributed by atoms with van der Waals surface area (Å²) in [4.78, 5) is 2.72. The first-order valence-electron chi connectivity index (χ1n) is 5.82. The molecule has 3 unspecified atom stereocenters. The summed E-state index contributed by atoms with van der Waals surface area (Å²) in [5.41, 5.74) is 0. The molecule has 2 saturated heterocycles. The molecule has 0 amide bonds. The first-order valence-corrected chi connectivity index (χ1v) is 7.11. The van der Waals surface area contributed by atoms with Gasteiger partial charge in [0.15, 0.2) is 0 Å². The zero-order chi connectivity index (χ0) is 9.97. The Labute approximate surface area is 91.8 Å². The van der Waals surface area contributed by atoms with Crippen molar-refractivity contribution in [3.8, 4) is 0 Å². The van der Waals surface area contributed by atoms with Crippen LogP contribution in [0.4, 0.5) is 0 Å². The number of nitrogens with zero attached hydrogens (tertiary/aromatic N) is 1. The standard InChI is InChI=1S/C11H22N2S/c1-3-9-4-5-13(8-9)10-6-12-7-11(10)14-2/h9-12H,3-8H2,1-2H3. The van der Waals surface area contributed by atoms with E-state index in [1.54, 1.807) is 0 Å². The molecule has 0 aromatic carbocycles. The van der Waals surface area contributed by atoms with Crippen molar-refractivity contribution in [2.24, 2.45) is 5.92 Å². The molecule has 2 rings (SSSR count). The molecular formula is C11H22N2S. The highest BCUT2D eigenvalue weighted by Crippen LogP contribution is 2.27. The molecule has 2 fully saturated rings. The molecule has 14 heavy (non-hydrogen) atoms. The van der Waals surface area contributed by atoms with E-state index in [9.17, 15) is 0 Å². The van der Waals surface area contributed by atoms with E-state index in [4.69, 9.17) is 0 Å². The number of thioether (sulfide) groups is 1. The fourth-order valence-electron chi connectivity index (χ4n) is 2.74. The fourth-order valence-corrected chi connectivity index (χ4v) is 3.61. The van der Waals surface area contributed by atoms with E-state index in [2.05, 4.69) is 23.4 Å². The van der Waals surface area contributed by atoms with Gasteiger partial charge in [0.2, 0.25) is 0 Å². The molecule has 0 bridgehead atoms. The SMILES string of the molecule is CCC1CCN(C2CNCC2SC)C1. The second-order valence-corrected chi connectivity index (χ2v) is 5.63. The van der Waals surface area contributed by atoms with E-state index in [0.717, 1.165) is 17.2 Å². The second-order valence-electron chi connectivity index (χ2n) is 4.56. The van der Waals surface area contributed by atoms with Gasteiger partial charge in [-0.3, -0.25) is 4.90 Å². The van der Waals surface area contributed by atoms with E-state index in [0.29, 0.717) is 0 Å². The normalized spacial score (nSPS) is 39.4. The third-order valence-corrected chi connectivity index (χ3v) is 4.88. The van der Waals surface area contributed by atoms with Crippen LogP contribution in [0.1, 0.15) is 19.8 Å². The zero-order valence-electron chi connectivity index (χ0n) is 9.33. The third kappa shape index (κ3) is 2.10. The summed E-state index contributed by atoms with van der Waals surface area (Å²) >= 11 is 2.03. The van der Waals surface area contributed by atoms with Gasteiger partial charge in [-0.2, -0.15) is 11.8 Å². The van der Waals surface area contributed by atoms with Gasteiger partial charge in [-0.05, 0) is 25.1 Å². The number of rotatable bonds is 3. The third-order valence-electron chi connectivity index (χ3n) is 3.79. The van der Waals surface area contributed by atoms with Crippen LogP contribution in [0.15, 0.2) is 0 Å². The Hall–Kier alpha value is 0.270. The van der Waals surface area contributed by atoms with Gasteiger partial charge in [-0.25, -0.2) is 0 Å². The zero-order valence-corrected chi connectivity index (χ0v) is 10.1. The minimum atomic E-state index is 0.807. The van der Waals surface area contributed by atoms with Crippen molar-refractivity contribution in [2.75, 3.05) is 32.4 Å². The van der Waals surface area contributed by atoms with Crippen molar-refractivity contribution in [3.63, 3.8) is 0 Å². The average Bonchev–Trinajstić information content (AvgIpc) is 2.85. The Kier molecular flexibility index (Phi) is 3.74. The molecule has 0 aromatic heterocycles. The maximum absolute atomic E-state index is 3.52. The monoisotopic (exact) mass is 214 g/mol. The average molecular weight is 214 g/mol. The summed E-state index contributed by atoms with van der Waals surface area (Å²) in [5, 5.41) is 4.35. The maximum atomic E-state index is 3.52. The molecule has 1 N–H and O–H groups in total. The Balaban J connectivity index is 1.89. The Morgan fingerprint density at radius 3 is 2.93 bits per heavy atom. The van der Waals surface area contributed by atoms with E-state index in [1.165, 1.54) is 39.0 Å². The molecular weight excluding hydrogens is 192 g/mol. The smallest absolute Gasteiger partial charge is 0.0351 e. The van der Waals surface area contributed by atoms with Crippen molar-refractivity contribution in [2.45, 2.75) is 31.1 Å². The molecule has 2 aliphatic heterocycles. The lowest BCUT2D eigenvalue weighted by Crippen LogP contribution is -2.40. The van der Waals surface area contributed by atoms with Crippen LogP contribution in [-0.4, -0.2) is 48.6 Å². The Bertz CT molecular complexity index is 186. The molecule has 0 aliphatic carbocycles. The molecule has 0 saturated carbocycles. The lowest BCUT2D eigenvalue weighted by molar-refractivity contribution is 0.252. The van der Waals surface area contributed by atoms with Gasteiger partial charge in [-0.15, -0.1) is 0 Å². The number of hydrogen-bond acceptors (Lipinski definition) is 3. The summed E-state index contributed by atoms with van der Waals surface area (Å²) in [6, 6.07) is 0.807. The molecule has 3 heteroatoms. The largest absolute Gasteiger partial charge is 0.314 e. The number of nitrogens with one attached hydrogen (secondary N) is 1. The number of likely N-dealkylation sites (tertiary alicyclic amines) is 1. The van der Waals surface area contributed by atoms with Crippen molar-refractivity contribution < 1.29 is 0 Å². The van der Waals surface area contributed by atoms with Gasteiger partial charge >= 0.3 is 0 Å². The van der Waals surface area contributed by atoms with E-state index in [-0.39, 0.29) is 0 Å². The molecule has 0 aromatic rings. The highest BCUT2D eigenvalue weighted by Gasteiger charge is 2.34. The molecule has 3 atom stereocenters. The number of hydrogen-bond donors (Lipinski definition) is 1. The Morgan fingerprint density at radius 2 is 2.29 bits per heavy atom. The van der Waals surface area contributed by atoms with Crippen molar-refractivity contribution in [1.82, 2.24) is 10.2 Å². The topological polar surface area (TPSA) is 15.3 Å². The van der Waals surface area contributed by atoms with Crippen LogP contribution >= 0.6 is 11.8 Å². The minimum Gasteiger partial charge on any atom is -0.314 e. The predicted molar refractivity (Wildman–Crippen MR) is 63.9 cm³/mol. The predicted octanol–water partition coefficient (Wildman–Crippen LogP) is 1.42. The van der Waals surface area contributed by atoms with Crippen LogP contribution in [-0.2, 0) is 0 Å². The molecule has 0 radical (unpaired) electrons. The summed E-state index contributed by atoms with van der Waals surface area (Å²) < 4.78 is 0. The summed E-state index contributed by atoms with van der Waals surface area (Å²) in [5.74, 6) is 0.970. The lowest BCUT2D eigenvalue weighted by Gasteiger charge is -2.27. The molecule has 82 valence electrons. The van der Waals surface area contributed by atoms with Gasteiger partial charge < -0.3 is 5.32 Å². The molecule has 2 nitrogen and oxygen atoms in total. The Morgan fingerprint density at radius 1 is 1.43 bits per heavy atom. The van der Waals surface area contributed by atoms with Crippen LogP contribution in [0.5, 0.6) is 0 Å². The van der Waals surface area contributed by atoms with Crippen molar-refractivity contribution >= 4 is 11.8 Å². The highest BCUT2D eigenvalue weighted by molar-refractivity contribution is 7.99. The van der Waals surface area contributed by atoms with Crippen LogP contribution < -0.4 is 5.32 Å². The minimum absolute atomic E-state index is 0.807.